The third-order valence-corrected chi connectivity index (χ3v) is 6.06. The maximum Gasteiger partial charge on any atom is 0.233 e. The van der Waals surface area contributed by atoms with Gasteiger partial charge in [-0.15, -0.1) is 10.2 Å². The van der Waals surface area contributed by atoms with Gasteiger partial charge < -0.3 is 15.2 Å². The van der Waals surface area contributed by atoms with Crippen molar-refractivity contribution in [1.82, 2.24) is 25.3 Å². The molecule has 2 bridgehead atoms. The SMILES string of the molecule is Cn1cc(-c2cc(O)c(-c3ccc(O[C@@H]4C[C@@H]5CCC[C@@H](N5)[C@@H]4F)nn3)cc2F)cn1. The van der Waals surface area contributed by atoms with Gasteiger partial charge in [0.15, 0.2) is 6.17 Å². The fourth-order valence-electron chi connectivity index (χ4n) is 4.50. The van der Waals surface area contributed by atoms with E-state index in [2.05, 4.69) is 20.6 Å². The van der Waals surface area contributed by atoms with Crippen LogP contribution in [0.4, 0.5) is 8.78 Å². The quantitative estimate of drug-likeness (QED) is 0.664. The Bertz CT molecular complexity index is 1090. The van der Waals surface area contributed by atoms with E-state index in [9.17, 15) is 13.9 Å². The molecule has 2 saturated heterocycles. The molecule has 4 heterocycles. The lowest BCUT2D eigenvalue weighted by Gasteiger charge is -2.42. The van der Waals surface area contributed by atoms with E-state index in [0.29, 0.717) is 17.7 Å². The van der Waals surface area contributed by atoms with Crippen molar-refractivity contribution in [2.75, 3.05) is 0 Å². The molecule has 9 heteroatoms. The number of rotatable bonds is 4. The van der Waals surface area contributed by atoms with Crippen LogP contribution >= 0.6 is 0 Å². The van der Waals surface area contributed by atoms with E-state index in [1.54, 1.807) is 30.1 Å². The zero-order chi connectivity index (χ0) is 21.5. The second kappa shape index (κ2) is 7.88. The van der Waals surface area contributed by atoms with Crippen molar-refractivity contribution in [3.05, 3.63) is 42.5 Å². The molecule has 2 aliphatic rings. The third-order valence-electron chi connectivity index (χ3n) is 6.06. The molecule has 162 valence electrons. The average Bonchev–Trinajstić information content (AvgIpc) is 3.20. The second-order valence-corrected chi connectivity index (χ2v) is 8.25. The van der Waals surface area contributed by atoms with Crippen molar-refractivity contribution < 1.29 is 18.6 Å². The molecule has 2 fully saturated rings. The fraction of sp³-hybridized carbons (Fsp3) is 0.409. The molecule has 2 aromatic heterocycles. The van der Waals surface area contributed by atoms with E-state index < -0.39 is 18.1 Å². The number of hydrogen-bond acceptors (Lipinski definition) is 6. The number of aromatic hydroxyl groups is 1. The number of phenols is 1. The van der Waals surface area contributed by atoms with Crippen LogP contribution in [-0.2, 0) is 7.05 Å². The van der Waals surface area contributed by atoms with Crippen LogP contribution in [0.5, 0.6) is 11.6 Å². The highest BCUT2D eigenvalue weighted by atomic mass is 19.1. The molecule has 2 aliphatic heterocycles. The average molecular weight is 427 g/mol. The number of hydrogen-bond donors (Lipinski definition) is 2. The summed E-state index contributed by atoms with van der Waals surface area (Å²) < 4.78 is 36.7. The van der Waals surface area contributed by atoms with Gasteiger partial charge in [-0.3, -0.25) is 4.68 Å². The summed E-state index contributed by atoms with van der Waals surface area (Å²) >= 11 is 0. The molecule has 0 unspecified atom stereocenters. The van der Waals surface area contributed by atoms with Gasteiger partial charge in [-0.05, 0) is 31.0 Å². The summed E-state index contributed by atoms with van der Waals surface area (Å²) in [7, 11) is 1.73. The summed E-state index contributed by atoms with van der Waals surface area (Å²) in [5, 5.41) is 25.9. The van der Waals surface area contributed by atoms with Crippen LogP contribution in [-0.4, -0.2) is 49.4 Å². The Kier molecular flexibility index (Phi) is 5.05. The van der Waals surface area contributed by atoms with E-state index >= 15 is 0 Å². The zero-order valence-corrected chi connectivity index (χ0v) is 17.0. The van der Waals surface area contributed by atoms with Gasteiger partial charge in [0.1, 0.15) is 17.7 Å². The van der Waals surface area contributed by atoms with Crippen molar-refractivity contribution in [2.45, 2.75) is 50.0 Å². The minimum absolute atomic E-state index is 0.127. The highest BCUT2D eigenvalue weighted by Gasteiger charge is 2.41. The number of piperidine rings is 2. The van der Waals surface area contributed by atoms with E-state index in [0.717, 1.165) is 19.3 Å². The van der Waals surface area contributed by atoms with E-state index in [1.807, 2.05) is 0 Å². The van der Waals surface area contributed by atoms with Crippen LogP contribution in [0, 0.1) is 5.82 Å². The Morgan fingerprint density at radius 1 is 1.19 bits per heavy atom. The number of benzene rings is 1. The van der Waals surface area contributed by atoms with Gasteiger partial charge in [0.25, 0.3) is 0 Å². The maximum absolute atomic E-state index is 14.7. The van der Waals surface area contributed by atoms with Crippen molar-refractivity contribution in [2.24, 2.45) is 7.05 Å². The summed E-state index contributed by atoms with van der Waals surface area (Å²) in [5.41, 5.74) is 1.31. The largest absolute Gasteiger partial charge is 0.507 e. The Morgan fingerprint density at radius 2 is 2.06 bits per heavy atom. The molecule has 1 aromatic carbocycles. The van der Waals surface area contributed by atoms with Gasteiger partial charge in [0, 0.05) is 54.5 Å². The highest BCUT2D eigenvalue weighted by Crippen LogP contribution is 2.35. The summed E-state index contributed by atoms with van der Waals surface area (Å²) in [6.07, 6.45) is 4.97. The highest BCUT2D eigenvalue weighted by molar-refractivity contribution is 5.74. The molecule has 2 N–H and O–H groups in total. The molecule has 7 nitrogen and oxygen atoms in total. The van der Waals surface area contributed by atoms with Gasteiger partial charge in [0.05, 0.1) is 11.9 Å². The van der Waals surface area contributed by atoms with E-state index in [4.69, 9.17) is 4.74 Å². The number of phenolic OH excluding ortho intramolecular Hbond substituents is 1. The van der Waals surface area contributed by atoms with Crippen LogP contribution in [0.15, 0.2) is 36.7 Å². The number of aromatic nitrogens is 4. The van der Waals surface area contributed by atoms with E-state index in [1.165, 1.54) is 18.3 Å². The fourth-order valence-corrected chi connectivity index (χ4v) is 4.50. The summed E-state index contributed by atoms with van der Waals surface area (Å²) in [6.45, 7) is 0. The number of aryl methyl sites for hydroxylation is 1. The smallest absolute Gasteiger partial charge is 0.233 e. The third kappa shape index (κ3) is 3.85. The first kappa shape index (κ1) is 19.9. The Labute approximate surface area is 178 Å². The minimum atomic E-state index is -1.10. The molecule has 0 aliphatic carbocycles. The number of fused-ring (bicyclic) bond motifs is 2. The topological polar surface area (TPSA) is 85.1 Å². The van der Waals surface area contributed by atoms with Crippen molar-refractivity contribution >= 4 is 0 Å². The van der Waals surface area contributed by atoms with Gasteiger partial charge in [-0.25, -0.2) is 8.78 Å². The van der Waals surface area contributed by atoms with Crippen molar-refractivity contribution in [3.8, 4) is 34.0 Å². The Morgan fingerprint density at radius 3 is 2.81 bits per heavy atom. The van der Waals surface area contributed by atoms with E-state index in [-0.39, 0.29) is 34.8 Å². The molecule has 3 aromatic rings. The molecular weight excluding hydrogens is 404 g/mol. The molecule has 0 spiro atoms. The summed E-state index contributed by atoms with van der Waals surface area (Å²) in [6, 6.07) is 5.79. The van der Waals surface area contributed by atoms with Gasteiger partial charge >= 0.3 is 0 Å². The monoisotopic (exact) mass is 427 g/mol. The van der Waals surface area contributed by atoms with Crippen molar-refractivity contribution in [3.63, 3.8) is 0 Å². The minimum Gasteiger partial charge on any atom is -0.507 e. The lowest BCUT2D eigenvalue weighted by Crippen LogP contribution is -2.59. The second-order valence-electron chi connectivity index (χ2n) is 8.25. The lowest BCUT2D eigenvalue weighted by atomic mass is 9.84. The van der Waals surface area contributed by atoms with Gasteiger partial charge in [-0.2, -0.15) is 5.10 Å². The van der Waals surface area contributed by atoms with Crippen LogP contribution in [0.2, 0.25) is 0 Å². The van der Waals surface area contributed by atoms with Gasteiger partial charge in [-0.1, -0.05) is 6.42 Å². The molecular formula is C22H23F2N5O2. The maximum atomic E-state index is 14.7. The van der Waals surface area contributed by atoms with Crippen LogP contribution in [0.3, 0.4) is 0 Å². The molecule has 0 amide bonds. The lowest BCUT2D eigenvalue weighted by molar-refractivity contribution is 0.00652. The number of halogens is 2. The van der Waals surface area contributed by atoms with Crippen molar-refractivity contribution in [1.29, 1.82) is 0 Å². The predicted octanol–water partition coefficient (Wildman–Crippen LogP) is 3.39. The molecule has 4 atom stereocenters. The zero-order valence-electron chi connectivity index (χ0n) is 17.0. The number of nitrogens with one attached hydrogen (secondary N) is 1. The summed E-state index contributed by atoms with van der Waals surface area (Å²) in [5.74, 6) is -0.425. The summed E-state index contributed by atoms with van der Waals surface area (Å²) in [4.78, 5) is 0. The molecule has 5 rings (SSSR count). The molecule has 0 radical (unpaired) electrons. The molecule has 0 saturated carbocycles. The standard InChI is InChI=1S/C22H23F2N5O2/c1-29-11-12(10-25-29)14-9-19(30)15(8-16(14)23)17-5-6-21(28-27-17)31-20-7-13-3-2-4-18(26-13)22(20)24/h5-6,8-11,13,18,20,22,26,30H,2-4,7H2,1H3/t13-,18+,20+,22-/m0/s1. The number of alkyl halides is 1. The van der Waals surface area contributed by atoms with Crippen LogP contribution < -0.4 is 10.1 Å². The Balaban J connectivity index is 1.35. The number of ether oxygens (including phenoxy) is 1. The normalized spacial score (nSPS) is 25.4. The first-order chi connectivity index (χ1) is 15.0. The van der Waals surface area contributed by atoms with Gasteiger partial charge in [0.2, 0.25) is 5.88 Å². The predicted molar refractivity (Wildman–Crippen MR) is 110 cm³/mol. The number of nitrogens with zero attached hydrogens (tertiary/aromatic N) is 4. The Hall–Kier alpha value is -3.07. The van der Waals surface area contributed by atoms with Crippen LogP contribution in [0.1, 0.15) is 25.7 Å². The molecule has 31 heavy (non-hydrogen) atoms. The first-order valence-electron chi connectivity index (χ1n) is 10.4. The van der Waals surface area contributed by atoms with Crippen LogP contribution in [0.25, 0.3) is 22.4 Å². The first-order valence-corrected chi connectivity index (χ1v) is 10.4.